The predicted molar refractivity (Wildman–Crippen MR) is 93.8 cm³/mol. The van der Waals surface area contributed by atoms with E-state index in [4.69, 9.17) is 11.6 Å². The number of nitro benzene ring substituents is 1. The Morgan fingerprint density at radius 3 is 2.80 bits per heavy atom. The van der Waals surface area contributed by atoms with Crippen LogP contribution < -0.4 is 5.32 Å². The van der Waals surface area contributed by atoms with Crippen LogP contribution in [0.5, 0.6) is 0 Å². The molecule has 0 fully saturated rings. The van der Waals surface area contributed by atoms with Crippen LogP contribution >= 0.6 is 11.6 Å². The lowest BCUT2D eigenvalue weighted by Crippen LogP contribution is -2.11. The van der Waals surface area contributed by atoms with E-state index in [-0.39, 0.29) is 11.3 Å². The van der Waals surface area contributed by atoms with E-state index in [0.717, 1.165) is 5.56 Å². The second kappa shape index (κ2) is 7.14. The highest BCUT2D eigenvalue weighted by Crippen LogP contribution is 2.18. The summed E-state index contributed by atoms with van der Waals surface area (Å²) in [5.74, 6) is -0.444. The Morgan fingerprint density at radius 2 is 2.04 bits per heavy atom. The molecule has 1 amide bonds. The molecule has 126 valence electrons. The largest absolute Gasteiger partial charge is 0.319 e. The fourth-order valence-electron chi connectivity index (χ4n) is 2.28. The summed E-state index contributed by atoms with van der Waals surface area (Å²) in [4.78, 5) is 22.5. The van der Waals surface area contributed by atoms with Crippen molar-refractivity contribution < 1.29 is 9.72 Å². The molecule has 3 aromatic rings. The fraction of sp³-hybridized carbons (Fsp3) is 0.0588. The topological polar surface area (TPSA) is 90.1 Å². The van der Waals surface area contributed by atoms with Gasteiger partial charge in [-0.3, -0.25) is 19.6 Å². The Hall–Kier alpha value is -3.19. The van der Waals surface area contributed by atoms with Crippen LogP contribution in [0.25, 0.3) is 0 Å². The molecule has 0 aliphatic heterocycles. The monoisotopic (exact) mass is 356 g/mol. The van der Waals surface area contributed by atoms with E-state index in [1.807, 2.05) is 18.2 Å². The molecule has 7 nitrogen and oxygen atoms in total. The summed E-state index contributed by atoms with van der Waals surface area (Å²) >= 11 is 6.12. The first-order valence-electron chi connectivity index (χ1n) is 7.34. The summed E-state index contributed by atoms with van der Waals surface area (Å²) in [6.07, 6.45) is 3.17. The number of halogens is 1. The van der Waals surface area contributed by atoms with E-state index in [1.54, 1.807) is 16.9 Å². The maximum absolute atomic E-state index is 12.2. The first kappa shape index (κ1) is 16.7. The van der Waals surface area contributed by atoms with Crippen molar-refractivity contribution in [3.63, 3.8) is 0 Å². The maximum Gasteiger partial charge on any atom is 0.270 e. The van der Waals surface area contributed by atoms with Gasteiger partial charge < -0.3 is 5.32 Å². The van der Waals surface area contributed by atoms with Crippen LogP contribution in [-0.4, -0.2) is 20.6 Å². The van der Waals surface area contributed by atoms with Gasteiger partial charge in [0.1, 0.15) is 0 Å². The van der Waals surface area contributed by atoms with Crippen LogP contribution in [0.1, 0.15) is 15.9 Å². The normalized spacial score (nSPS) is 10.4. The summed E-state index contributed by atoms with van der Waals surface area (Å²) in [6.45, 7) is 0.465. The first-order valence-corrected chi connectivity index (χ1v) is 7.72. The summed E-state index contributed by atoms with van der Waals surface area (Å²) in [6, 6.07) is 13.0. The molecule has 1 N–H and O–H groups in total. The number of hydrogen-bond donors (Lipinski definition) is 1. The SMILES string of the molecule is O=C(Nc1cnn(Cc2ccccc2Cl)c1)c1cccc([N+](=O)[O-])c1. The number of nitrogens with one attached hydrogen (secondary N) is 1. The van der Waals surface area contributed by atoms with E-state index in [2.05, 4.69) is 10.4 Å². The van der Waals surface area contributed by atoms with Gasteiger partial charge in [-0.2, -0.15) is 5.10 Å². The zero-order chi connectivity index (χ0) is 17.8. The zero-order valence-electron chi connectivity index (χ0n) is 12.9. The number of aromatic nitrogens is 2. The number of carbonyl (C=O) groups excluding carboxylic acids is 1. The number of rotatable bonds is 5. The molecule has 1 heterocycles. The molecule has 0 spiro atoms. The van der Waals surface area contributed by atoms with E-state index in [9.17, 15) is 14.9 Å². The standard InChI is InChI=1S/C17H13ClN4O3/c18-16-7-2-1-4-13(16)10-21-11-14(9-19-21)20-17(23)12-5-3-6-15(8-12)22(24)25/h1-9,11H,10H2,(H,20,23). The third kappa shape index (κ3) is 4.02. The number of benzene rings is 2. The van der Waals surface area contributed by atoms with Crippen molar-refractivity contribution in [2.45, 2.75) is 6.54 Å². The van der Waals surface area contributed by atoms with Crippen LogP contribution in [0.2, 0.25) is 5.02 Å². The number of nitro groups is 1. The van der Waals surface area contributed by atoms with Crippen LogP contribution in [0.15, 0.2) is 60.9 Å². The number of nitrogens with zero attached hydrogens (tertiary/aromatic N) is 3. The van der Waals surface area contributed by atoms with Gasteiger partial charge in [0.25, 0.3) is 11.6 Å². The fourth-order valence-corrected chi connectivity index (χ4v) is 2.48. The molecule has 0 aliphatic rings. The van der Waals surface area contributed by atoms with E-state index >= 15 is 0 Å². The highest BCUT2D eigenvalue weighted by molar-refractivity contribution is 6.31. The molecule has 25 heavy (non-hydrogen) atoms. The molecule has 1 aromatic heterocycles. The smallest absolute Gasteiger partial charge is 0.270 e. The van der Waals surface area contributed by atoms with Crippen molar-refractivity contribution in [1.82, 2.24) is 9.78 Å². The molecular weight excluding hydrogens is 344 g/mol. The molecule has 0 unspecified atom stereocenters. The average Bonchev–Trinajstić information content (AvgIpc) is 3.04. The van der Waals surface area contributed by atoms with Gasteiger partial charge in [0.05, 0.1) is 23.4 Å². The lowest BCUT2D eigenvalue weighted by Gasteiger charge is -2.04. The molecule has 0 bridgehead atoms. The van der Waals surface area contributed by atoms with Gasteiger partial charge >= 0.3 is 0 Å². The lowest BCUT2D eigenvalue weighted by molar-refractivity contribution is -0.384. The summed E-state index contributed by atoms with van der Waals surface area (Å²) in [5, 5.41) is 18.3. The molecule has 0 atom stereocenters. The molecule has 0 saturated heterocycles. The average molecular weight is 357 g/mol. The number of hydrogen-bond acceptors (Lipinski definition) is 4. The molecular formula is C17H13ClN4O3. The van der Waals surface area contributed by atoms with Gasteiger partial charge in [0.15, 0.2) is 0 Å². The quantitative estimate of drug-likeness (QED) is 0.557. The third-order valence-electron chi connectivity index (χ3n) is 3.50. The Kier molecular flexibility index (Phi) is 4.76. The van der Waals surface area contributed by atoms with Gasteiger partial charge in [0, 0.05) is 28.9 Å². The van der Waals surface area contributed by atoms with Crippen LogP contribution in [0.3, 0.4) is 0 Å². The molecule has 0 radical (unpaired) electrons. The van der Waals surface area contributed by atoms with Crippen molar-refractivity contribution in [1.29, 1.82) is 0 Å². The van der Waals surface area contributed by atoms with Gasteiger partial charge in [0.2, 0.25) is 0 Å². The van der Waals surface area contributed by atoms with Crippen LogP contribution in [-0.2, 0) is 6.54 Å². The first-order chi connectivity index (χ1) is 12.0. The Bertz CT molecular complexity index is 939. The summed E-state index contributed by atoms with van der Waals surface area (Å²) in [5.41, 5.74) is 1.46. The molecule has 2 aromatic carbocycles. The minimum atomic E-state index is -0.543. The Morgan fingerprint density at radius 1 is 1.24 bits per heavy atom. The highest BCUT2D eigenvalue weighted by Gasteiger charge is 2.12. The van der Waals surface area contributed by atoms with E-state index in [1.165, 1.54) is 30.5 Å². The maximum atomic E-state index is 12.2. The summed E-state index contributed by atoms with van der Waals surface area (Å²) in [7, 11) is 0. The number of carbonyl (C=O) groups is 1. The van der Waals surface area contributed by atoms with E-state index in [0.29, 0.717) is 17.3 Å². The lowest BCUT2D eigenvalue weighted by atomic mass is 10.2. The van der Waals surface area contributed by atoms with Crippen LogP contribution in [0.4, 0.5) is 11.4 Å². The van der Waals surface area contributed by atoms with Crippen molar-refractivity contribution >= 4 is 28.9 Å². The van der Waals surface area contributed by atoms with Gasteiger partial charge in [-0.05, 0) is 17.7 Å². The number of amides is 1. The molecule has 8 heteroatoms. The molecule has 3 rings (SSSR count). The zero-order valence-corrected chi connectivity index (χ0v) is 13.7. The molecule has 0 saturated carbocycles. The van der Waals surface area contributed by atoms with E-state index < -0.39 is 10.8 Å². The highest BCUT2D eigenvalue weighted by atomic mass is 35.5. The van der Waals surface area contributed by atoms with Gasteiger partial charge in [-0.1, -0.05) is 35.9 Å². The Labute approximate surface area is 148 Å². The Balaban J connectivity index is 1.71. The van der Waals surface area contributed by atoms with Crippen molar-refractivity contribution in [3.05, 3.63) is 87.2 Å². The van der Waals surface area contributed by atoms with Gasteiger partial charge in [-0.25, -0.2) is 0 Å². The minimum Gasteiger partial charge on any atom is -0.319 e. The second-order valence-electron chi connectivity index (χ2n) is 5.28. The third-order valence-corrected chi connectivity index (χ3v) is 3.87. The molecule has 0 aliphatic carbocycles. The van der Waals surface area contributed by atoms with Crippen LogP contribution in [0, 0.1) is 10.1 Å². The van der Waals surface area contributed by atoms with Crippen molar-refractivity contribution in [2.24, 2.45) is 0 Å². The number of anilines is 1. The van der Waals surface area contributed by atoms with Gasteiger partial charge in [-0.15, -0.1) is 0 Å². The van der Waals surface area contributed by atoms with Crippen molar-refractivity contribution in [2.75, 3.05) is 5.32 Å². The summed E-state index contributed by atoms with van der Waals surface area (Å²) < 4.78 is 1.64. The second-order valence-corrected chi connectivity index (χ2v) is 5.69. The van der Waals surface area contributed by atoms with Crippen molar-refractivity contribution in [3.8, 4) is 0 Å². The number of non-ortho nitro benzene ring substituents is 1. The predicted octanol–water partition coefficient (Wildman–Crippen LogP) is 3.75. The minimum absolute atomic E-state index is 0.137.